The van der Waals surface area contributed by atoms with Crippen molar-refractivity contribution in [3.8, 4) is 5.75 Å². The molecule has 0 bridgehead atoms. The van der Waals surface area contributed by atoms with Crippen molar-refractivity contribution >= 4 is 39.1 Å². The summed E-state index contributed by atoms with van der Waals surface area (Å²) in [7, 11) is 1.43. The van der Waals surface area contributed by atoms with Crippen LogP contribution >= 0.6 is 39.1 Å². The molecule has 0 fully saturated rings. The van der Waals surface area contributed by atoms with Gasteiger partial charge in [0.25, 0.3) is 0 Å². The Hall–Kier alpha value is -0.840. The zero-order chi connectivity index (χ0) is 14.9. The third-order valence-electron chi connectivity index (χ3n) is 2.79. The lowest BCUT2D eigenvalue weighted by Crippen LogP contribution is -2.01. The highest BCUT2D eigenvalue weighted by Crippen LogP contribution is 2.36. The molecule has 6 heteroatoms. The molecule has 0 radical (unpaired) electrons. The van der Waals surface area contributed by atoms with Crippen LogP contribution in [0.4, 0.5) is 8.78 Å². The molecule has 2 rings (SSSR count). The average molecular weight is 382 g/mol. The Morgan fingerprint density at radius 3 is 2.35 bits per heavy atom. The van der Waals surface area contributed by atoms with Gasteiger partial charge in [-0.2, -0.15) is 0 Å². The molecule has 0 saturated heterocycles. The summed E-state index contributed by atoms with van der Waals surface area (Å²) in [5, 5.41) is -0.674. The van der Waals surface area contributed by atoms with E-state index in [4.69, 9.17) is 27.9 Å². The van der Waals surface area contributed by atoms with Gasteiger partial charge in [-0.1, -0.05) is 17.7 Å². The minimum Gasteiger partial charge on any atom is -0.497 e. The van der Waals surface area contributed by atoms with Crippen LogP contribution in [0.25, 0.3) is 0 Å². The van der Waals surface area contributed by atoms with Gasteiger partial charge in [0.15, 0.2) is 0 Å². The minimum absolute atomic E-state index is 0.115. The van der Waals surface area contributed by atoms with Crippen LogP contribution in [-0.4, -0.2) is 7.11 Å². The molecule has 20 heavy (non-hydrogen) atoms. The zero-order valence-corrected chi connectivity index (χ0v) is 13.4. The van der Waals surface area contributed by atoms with Crippen molar-refractivity contribution in [1.29, 1.82) is 0 Å². The van der Waals surface area contributed by atoms with E-state index in [0.29, 0.717) is 15.2 Å². The molecule has 0 aliphatic carbocycles. The fourth-order valence-electron chi connectivity index (χ4n) is 1.74. The summed E-state index contributed by atoms with van der Waals surface area (Å²) in [5.74, 6) is -0.760. The van der Waals surface area contributed by atoms with Gasteiger partial charge in [0.1, 0.15) is 17.4 Å². The first-order chi connectivity index (χ1) is 9.43. The second-order valence-electron chi connectivity index (χ2n) is 4.04. The predicted octanol–water partition coefficient (Wildman–Crippen LogP) is 5.72. The van der Waals surface area contributed by atoms with Crippen LogP contribution in [0.1, 0.15) is 16.5 Å². The van der Waals surface area contributed by atoms with Gasteiger partial charge in [-0.3, -0.25) is 0 Å². The maximum atomic E-state index is 14.0. The SMILES string of the molecule is COc1ccc(C(Cl)c2cc(Cl)c(Br)cc2F)c(F)c1. The smallest absolute Gasteiger partial charge is 0.131 e. The molecule has 0 spiro atoms. The standard InChI is InChI=1S/C14H9BrCl2F2O/c1-20-7-2-3-8(12(18)4-7)14(17)9-5-11(16)10(15)6-13(9)19/h2-6,14H,1H3. The van der Waals surface area contributed by atoms with E-state index < -0.39 is 17.0 Å². The van der Waals surface area contributed by atoms with Gasteiger partial charge in [0, 0.05) is 21.7 Å². The molecule has 2 aromatic rings. The fraction of sp³-hybridized carbons (Fsp3) is 0.143. The van der Waals surface area contributed by atoms with Crippen LogP contribution < -0.4 is 4.74 Å². The monoisotopic (exact) mass is 380 g/mol. The Labute approximate surface area is 133 Å². The lowest BCUT2D eigenvalue weighted by molar-refractivity contribution is 0.410. The van der Waals surface area contributed by atoms with Crippen molar-refractivity contribution in [1.82, 2.24) is 0 Å². The molecule has 0 aliphatic rings. The first-order valence-electron chi connectivity index (χ1n) is 5.56. The topological polar surface area (TPSA) is 9.23 Å². The van der Waals surface area contributed by atoms with Crippen molar-refractivity contribution in [3.05, 3.63) is 62.6 Å². The van der Waals surface area contributed by atoms with Crippen molar-refractivity contribution < 1.29 is 13.5 Å². The van der Waals surface area contributed by atoms with E-state index in [1.807, 2.05) is 0 Å². The van der Waals surface area contributed by atoms with Gasteiger partial charge in [-0.05, 0) is 34.1 Å². The van der Waals surface area contributed by atoms with Crippen LogP contribution in [0.3, 0.4) is 0 Å². The Balaban J connectivity index is 2.46. The summed E-state index contributed by atoms with van der Waals surface area (Å²) >= 11 is 15.2. The molecular weight excluding hydrogens is 373 g/mol. The molecule has 0 heterocycles. The number of benzene rings is 2. The molecule has 1 atom stereocenters. The van der Waals surface area contributed by atoms with Crippen molar-refractivity contribution in [3.63, 3.8) is 0 Å². The Morgan fingerprint density at radius 1 is 1.10 bits per heavy atom. The third-order valence-corrected chi connectivity index (χ3v) is 4.46. The number of ether oxygens (including phenoxy) is 1. The van der Waals surface area contributed by atoms with Gasteiger partial charge < -0.3 is 4.74 Å². The van der Waals surface area contributed by atoms with Gasteiger partial charge in [-0.15, -0.1) is 11.6 Å². The highest BCUT2D eigenvalue weighted by Gasteiger charge is 2.20. The number of hydrogen-bond donors (Lipinski definition) is 0. The highest BCUT2D eigenvalue weighted by atomic mass is 79.9. The Morgan fingerprint density at radius 2 is 1.75 bits per heavy atom. The number of halogens is 5. The number of rotatable bonds is 3. The quantitative estimate of drug-likeness (QED) is 0.488. The van der Waals surface area contributed by atoms with Gasteiger partial charge in [-0.25, -0.2) is 8.78 Å². The average Bonchev–Trinajstić information content (AvgIpc) is 2.42. The van der Waals surface area contributed by atoms with Crippen LogP contribution in [0.15, 0.2) is 34.8 Å². The summed E-state index contributed by atoms with van der Waals surface area (Å²) in [4.78, 5) is 0. The van der Waals surface area contributed by atoms with Crippen molar-refractivity contribution in [2.75, 3.05) is 7.11 Å². The molecule has 0 N–H and O–H groups in total. The van der Waals surface area contributed by atoms with Gasteiger partial charge in [0.2, 0.25) is 0 Å². The van der Waals surface area contributed by atoms with Gasteiger partial charge in [0.05, 0.1) is 17.5 Å². The maximum absolute atomic E-state index is 14.0. The highest BCUT2D eigenvalue weighted by molar-refractivity contribution is 9.10. The van der Waals surface area contributed by atoms with Gasteiger partial charge >= 0.3 is 0 Å². The number of hydrogen-bond acceptors (Lipinski definition) is 1. The lowest BCUT2D eigenvalue weighted by Gasteiger charge is -2.14. The molecule has 0 aromatic heterocycles. The van der Waals surface area contributed by atoms with E-state index in [2.05, 4.69) is 15.9 Å². The van der Waals surface area contributed by atoms with Crippen molar-refractivity contribution in [2.24, 2.45) is 0 Å². The van der Waals surface area contributed by atoms with E-state index in [1.165, 1.54) is 31.4 Å². The largest absolute Gasteiger partial charge is 0.497 e. The molecule has 1 unspecified atom stereocenters. The first-order valence-corrected chi connectivity index (χ1v) is 7.16. The molecular formula is C14H9BrCl2F2O. The van der Waals surface area contributed by atoms with Crippen LogP contribution in [0, 0.1) is 11.6 Å². The molecule has 0 aliphatic heterocycles. The molecule has 106 valence electrons. The van der Waals surface area contributed by atoms with E-state index in [-0.39, 0.29) is 11.1 Å². The predicted molar refractivity (Wildman–Crippen MR) is 79.8 cm³/mol. The van der Waals surface area contributed by atoms with E-state index in [9.17, 15) is 8.78 Å². The van der Waals surface area contributed by atoms with E-state index in [0.717, 1.165) is 0 Å². The fourth-order valence-corrected chi connectivity index (χ4v) is 2.57. The summed E-state index contributed by atoms with van der Waals surface area (Å²) in [6.45, 7) is 0. The maximum Gasteiger partial charge on any atom is 0.131 e. The van der Waals surface area contributed by atoms with Crippen molar-refractivity contribution in [2.45, 2.75) is 5.38 Å². The Kier molecular flexibility index (Phi) is 4.89. The van der Waals surface area contributed by atoms with Crippen LogP contribution in [0.5, 0.6) is 5.75 Å². The normalized spacial score (nSPS) is 12.3. The summed E-state index contributed by atoms with van der Waals surface area (Å²) in [6.07, 6.45) is 0. The second kappa shape index (κ2) is 6.29. The van der Waals surface area contributed by atoms with Crippen LogP contribution in [-0.2, 0) is 0 Å². The molecule has 0 saturated carbocycles. The molecule has 2 aromatic carbocycles. The molecule has 1 nitrogen and oxygen atoms in total. The van der Waals surface area contributed by atoms with Crippen LogP contribution in [0.2, 0.25) is 5.02 Å². The van der Waals surface area contributed by atoms with E-state index in [1.54, 1.807) is 6.07 Å². The zero-order valence-electron chi connectivity index (χ0n) is 10.3. The lowest BCUT2D eigenvalue weighted by atomic mass is 10.0. The number of alkyl halides is 1. The summed E-state index contributed by atoms with van der Waals surface area (Å²) < 4.78 is 33.2. The minimum atomic E-state index is -0.980. The first kappa shape index (κ1) is 15.5. The third kappa shape index (κ3) is 3.08. The summed E-state index contributed by atoms with van der Waals surface area (Å²) in [6, 6.07) is 6.80. The summed E-state index contributed by atoms with van der Waals surface area (Å²) in [5.41, 5.74) is 0.272. The number of methoxy groups -OCH3 is 1. The molecule has 0 amide bonds. The Bertz CT molecular complexity index is 649. The van der Waals surface area contributed by atoms with E-state index >= 15 is 0 Å². The second-order valence-corrected chi connectivity index (χ2v) is 5.74.